The molecule has 32 heavy (non-hydrogen) atoms. The Kier molecular flexibility index (Phi) is 7.35. The van der Waals surface area contributed by atoms with Crippen LogP contribution in [0.25, 0.3) is 0 Å². The summed E-state index contributed by atoms with van der Waals surface area (Å²) < 4.78 is 24.2. The normalized spacial score (nSPS) is 23.6. The first-order chi connectivity index (χ1) is 15.5. The van der Waals surface area contributed by atoms with Crippen molar-refractivity contribution < 1.29 is 23.8 Å². The first-order valence-corrected chi connectivity index (χ1v) is 11.9. The first-order valence-electron chi connectivity index (χ1n) is 10.8. The molecule has 0 spiro atoms. The molecule has 0 amide bonds. The largest absolute Gasteiger partial charge is 0.461 e. The smallest absolute Gasteiger partial charge is 0.338 e. The Hall–Kier alpha value is -2.13. The molecule has 2 aromatic rings. The number of hydrogen-bond donors (Lipinski definition) is 1. The van der Waals surface area contributed by atoms with Crippen molar-refractivity contribution in [2.45, 2.75) is 31.1 Å². The van der Waals surface area contributed by atoms with E-state index in [-0.39, 0.29) is 23.3 Å². The van der Waals surface area contributed by atoms with Gasteiger partial charge < -0.3 is 19.5 Å². The number of aryl methyl sites for hydroxylation is 1. The van der Waals surface area contributed by atoms with Crippen LogP contribution in [0.4, 0.5) is 10.1 Å². The van der Waals surface area contributed by atoms with Crippen LogP contribution in [0.5, 0.6) is 0 Å². The molecule has 2 fully saturated rings. The highest BCUT2D eigenvalue weighted by molar-refractivity contribution is 7.99. The molecule has 0 radical (unpaired) electrons. The number of carbonyl (C=O) groups excluding carboxylic acids is 1. The molecular formula is C24H29FN2O4S. The maximum atomic E-state index is 13.3. The third-order valence-corrected chi connectivity index (χ3v) is 7.35. The number of hydrogen-bond acceptors (Lipinski definition) is 7. The minimum atomic E-state index is -0.664. The standard InChI is InChI=1S/C24H29FN2O4S/c1-16-13-18(24(29)31-12-11-26-10-9-20(14-26)30-2)5-8-21(16)27-22(28)15-32-23(27)17-3-6-19(25)7-4-17/h3-8,13,20,22-23,28H,9-12,14-15H2,1-2H3/t20-,22?,23?/m1/s1. The van der Waals surface area contributed by atoms with Crippen molar-refractivity contribution in [3.63, 3.8) is 0 Å². The van der Waals surface area contributed by atoms with Crippen LogP contribution in [-0.4, -0.2) is 67.4 Å². The molecule has 0 aliphatic carbocycles. The number of ether oxygens (including phenoxy) is 2. The maximum Gasteiger partial charge on any atom is 0.338 e. The molecule has 6 nitrogen and oxygen atoms in total. The molecule has 0 saturated carbocycles. The summed E-state index contributed by atoms with van der Waals surface area (Å²) in [6, 6.07) is 11.7. The van der Waals surface area contributed by atoms with Gasteiger partial charge in [-0.05, 0) is 54.8 Å². The average molecular weight is 461 g/mol. The van der Waals surface area contributed by atoms with Crippen LogP contribution >= 0.6 is 11.8 Å². The molecule has 0 aromatic heterocycles. The summed E-state index contributed by atoms with van der Waals surface area (Å²) in [6.07, 6.45) is 0.603. The number of aliphatic hydroxyl groups is 1. The molecule has 172 valence electrons. The second kappa shape index (κ2) is 10.2. The minimum Gasteiger partial charge on any atom is -0.461 e. The van der Waals surface area contributed by atoms with Gasteiger partial charge in [-0.3, -0.25) is 4.90 Å². The van der Waals surface area contributed by atoms with Gasteiger partial charge in [-0.1, -0.05) is 12.1 Å². The fourth-order valence-corrected chi connectivity index (χ4v) is 5.56. The summed E-state index contributed by atoms with van der Waals surface area (Å²) in [5.41, 5.74) is 3.13. The molecular weight excluding hydrogens is 431 g/mol. The van der Waals surface area contributed by atoms with Gasteiger partial charge in [-0.25, -0.2) is 9.18 Å². The van der Waals surface area contributed by atoms with Gasteiger partial charge in [0.15, 0.2) is 0 Å². The molecule has 2 heterocycles. The van der Waals surface area contributed by atoms with Crippen molar-refractivity contribution in [1.29, 1.82) is 0 Å². The summed E-state index contributed by atoms with van der Waals surface area (Å²) >= 11 is 1.60. The average Bonchev–Trinajstić information content (AvgIpc) is 3.41. The monoisotopic (exact) mass is 460 g/mol. The van der Waals surface area contributed by atoms with E-state index in [0.717, 1.165) is 36.3 Å². The highest BCUT2D eigenvalue weighted by Crippen LogP contribution is 2.44. The number of methoxy groups -OCH3 is 1. The maximum absolute atomic E-state index is 13.3. The van der Waals surface area contributed by atoms with Gasteiger partial charge in [0.25, 0.3) is 0 Å². The summed E-state index contributed by atoms with van der Waals surface area (Å²) in [6.45, 7) is 4.77. The molecule has 8 heteroatoms. The van der Waals surface area contributed by atoms with Gasteiger partial charge in [-0.2, -0.15) is 0 Å². The van der Waals surface area contributed by atoms with E-state index in [4.69, 9.17) is 9.47 Å². The number of thioether (sulfide) groups is 1. The van der Waals surface area contributed by atoms with Crippen molar-refractivity contribution in [3.05, 3.63) is 65.0 Å². The van der Waals surface area contributed by atoms with Gasteiger partial charge in [-0.15, -0.1) is 11.8 Å². The third kappa shape index (κ3) is 5.09. The Morgan fingerprint density at radius 1 is 1.25 bits per heavy atom. The van der Waals surface area contributed by atoms with E-state index < -0.39 is 6.23 Å². The Labute approximate surface area is 192 Å². The molecule has 2 aliphatic rings. The molecule has 1 N–H and O–H groups in total. The predicted octanol–water partition coefficient (Wildman–Crippen LogP) is 3.58. The highest BCUT2D eigenvalue weighted by Gasteiger charge is 2.35. The number of nitrogens with zero attached hydrogens (tertiary/aromatic N) is 2. The number of halogens is 1. The van der Waals surface area contributed by atoms with Crippen LogP contribution in [0.2, 0.25) is 0 Å². The van der Waals surface area contributed by atoms with E-state index in [1.54, 1.807) is 43.1 Å². The topological polar surface area (TPSA) is 62.2 Å². The zero-order chi connectivity index (χ0) is 22.7. The van der Waals surface area contributed by atoms with Crippen molar-refractivity contribution in [2.75, 3.05) is 44.0 Å². The van der Waals surface area contributed by atoms with E-state index in [1.807, 2.05) is 17.9 Å². The number of rotatable bonds is 7. The van der Waals surface area contributed by atoms with Crippen molar-refractivity contribution in [1.82, 2.24) is 4.90 Å². The van der Waals surface area contributed by atoms with Crippen LogP contribution in [0, 0.1) is 12.7 Å². The second-order valence-corrected chi connectivity index (χ2v) is 9.32. The van der Waals surface area contributed by atoms with E-state index in [2.05, 4.69) is 4.90 Å². The number of carbonyl (C=O) groups is 1. The first kappa shape index (κ1) is 23.0. The number of esters is 1. The summed E-state index contributed by atoms with van der Waals surface area (Å²) in [4.78, 5) is 16.7. The van der Waals surface area contributed by atoms with E-state index in [1.165, 1.54) is 12.1 Å². The van der Waals surface area contributed by atoms with E-state index in [0.29, 0.717) is 24.5 Å². The zero-order valence-corrected chi connectivity index (χ0v) is 19.2. The fourth-order valence-electron chi connectivity index (χ4n) is 4.28. The molecule has 2 unspecified atom stereocenters. The Morgan fingerprint density at radius 3 is 2.72 bits per heavy atom. The van der Waals surface area contributed by atoms with Crippen LogP contribution < -0.4 is 4.90 Å². The van der Waals surface area contributed by atoms with Crippen LogP contribution in [0.15, 0.2) is 42.5 Å². The van der Waals surface area contributed by atoms with Gasteiger partial charge in [0.2, 0.25) is 0 Å². The minimum absolute atomic E-state index is 0.126. The van der Waals surface area contributed by atoms with Gasteiger partial charge in [0.05, 0.1) is 11.7 Å². The molecule has 2 saturated heterocycles. The SMILES string of the molecule is CO[C@@H]1CCN(CCOC(=O)c2ccc(N3C(O)CSC3c3ccc(F)cc3)c(C)c2)C1. The Bertz CT molecular complexity index is 942. The Morgan fingerprint density at radius 2 is 2.03 bits per heavy atom. The molecule has 4 rings (SSSR count). The van der Waals surface area contributed by atoms with Gasteiger partial charge in [0.1, 0.15) is 24.0 Å². The molecule has 3 atom stereocenters. The molecule has 0 bridgehead atoms. The predicted molar refractivity (Wildman–Crippen MR) is 123 cm³/mol. The number of benzene rings is 2. The Balaban J connectivity index is 1.40. The number of likely N-dealkylation sites (tertiary alicyclic amines) is 1. The lowest BCUT2D eigenvalue weighted by Crippen LogP contribution is -2.33. The lowest BCUT2D eigenvalue weighted by atomic mass is 10.1. The quantitative estimate of drug-likeness (QED) is 0.634. The van der Waals surface area contributed by atoms with Gasteiger partial charge in [0, 0.05) is 38.2 Å². The number of aliphatic hydroxyl groups excluding tert-OH is 1. The highest BCUT2D eigenvalue weighted by atomic mass is 32.2. The van der Waals surface area contributed by atoms with Crippen molar-refractivity contribution in [2.24, 2.45) is 0 Å². The van der Waals surface area contributed by atoms with Crippen molar-refractivity contribution >= 4 is 23.4 Å². The molecule has 2 aromatic carbocycles. The fraction of sp³-hybridized carbons (Fsp3) is 0.458. The van der Waals surface area contributed by atoms with Crippen LogP contribution in [0.1, 0.15) is 33.3 Å². The lowest BCUT2D eigenvalue weighted by molar-refractivity contribution is 0.0461. The second-order valence-electron chi connectivity index (χ2n) is 8.21. The van der Waals surface area contributed by atoms with E-state index in [9.17, 15) is 14.3 Å². The van der Waals surface area contributed by atoms with Crippen LogP contribution in [0.3, 0.4) is 0 Å². The molecule has 2 aliphatic heterocycles. The summed E-state index contributed by atoms with van der Waals surface area (Å²) in [5.74, 6) is -0.0918. The lowest BCUT2D eigenvalue weighted by Gasteiger charge is -2.30. The van der Waals surface area contributed by atoms with Crippen LogP contribution in [-0.2, 0) is 9.47 Å². The number of anilines is 1. The summed E-state index contributed by atoms with van der Waals surface area (Å²) in [7, 11) is 1.72. The van der Waals surface area contributed by atoms with E-state index >= 15 is 0 Å². The van der Waals surface area contributed by atoms with Gasteiger partial charge >= 0.3 is 5.97 Å². The van der Waals surface area contributed by atoms with Crippen molar-refractivity contribution in [3.8, 4) is 0 Å². The zero-order valence-electron chi connectivity index (χ0n) is 18.4. The third-order valence-electron chi connectivity index (χ3n) is 6.05. The summed E-state index contributed by atoms with van der Waals surface area (Å²) in [5, 5.41) is 10.5.